The Balaban J connectivity index is 2.83. The summed E-state index contributed by atoms with van der Waals surface area (Å²) in [5.41, 5.74) is 0.980. The van der Waals surface area contributed by atoms with Crippen LogP contribution in [-0.2, 0) is 0 Å². The van der Waals surface area contributed by atoms with Crippen LogP contribution in [0.15, 0.2) is 12.4 Å². The summed E-state index contributed by atoms with van der Waals surface area (Å²) in [7, 11) is 0. The molecule has 0 aliphatic heterocycles. The van der Waals surface area contributed by atoms with Gasteiger partial charge in [0, 0.05) is 17.9 Å². The number of hydrogen-bond acceptors (Lipinski definition) is 3. The predicted octanol–water partition coefficient (Wildman–Crippen LogP) is 2.00. The quantitative estimate of drug-likeness (QED) is 0.691. The van der Waals surface area contributed by atoms with E-state index in [1.54, 1.807) is 12.4 Å². The number of hydrogen-bond donors (Lipinski definition) is 1. The van der Waals surface area contributed by atoms with Crippen LogP contribution in [0.5, 0.6) is 0 Å². The van der Waals surface area contributed by atoms with E-state index in [-0.39, 0.29) is 5.54 Å². The van der Waals surface area contributed by atoms with Gasteiger partial charge in [-0.2, -0.15) is 0 Å². The van der Waals surface area contributed by atoms with Gasteiger partial charge in [0.15, 0.2) is 0 Å². The summed E-state index contributed by atoms with van der Waals surface area (Å²) in [4.78, 5) is 8.33. The van der Waals surface area contributed by atoms with E-state index in [0.29, 0.717) is 0 Å². The monoisotopic (exact) mass is 165 g/mol. The lowest BCUT2D eigenvalue weighted by Gasteiger charge is -2.21. The zero-order valence-corrected chi connectivity index (χ0v) is 8.05. The van der Waals surface area contributed by atoms with Gasteiger partial charge in [-0.05, 0) is 27.7 Å². The van der Waals surface area contributed by atoms with Crippen LogP contribution in [-0.4, -0.2) is 15.5 Å². The molecule has 0 saturated carbocycles. The molecule has 0 unspecified atom stereocenters. The third-order valence-electron chi connectivity index (χ3n) is 1.37. The highest BCUT2D eigenvalue weighted by molar-refractivity contribution is 5.40. The fraction of sp³-hybridized carbons (Fsp3) is 0.556. The van der Waals surface area contributed by atoms with Crippen molar-refractivity contribution < 1.29 is 0 Å². The number of rotatable bonds is 1. The topological polar surface area (TPSA) is 37.8 Å². The molecule has 0 radical (unpaired) electrons. The van der Waals surface area contributed by atoms with Crippen molar-refractivity contribution in [3.63, 3.8) is 0 Å². The maximum absolute atomic E-state index is 4.19. The minimum atomic E-state index is 0.0425. The number of nitrogens with one attached hydrogen (secondary N) is 1. The van der Waals surface area contributed by atoms with E-state index in [9.17, 15) is 0 Å². The third-order valence-corrected chi connectivity index (χ3v) is 1.37. The third kappa shape index (κ3) is 2.49. The lowest BCUT2D eigenvalue weighted by atomic mass is 10.1. The van der Waals surface area contributed by atoms with E-state index in [1.807, 2.05) is 6.92 Å². The van der Waals surface area contributed by atoms with E-state index in [1.165, 1.54) is 0 Å². The lowest BCUT2D eigenvalue weighted by molar-refractivity contribution is 0.628. The molecular weight excluding hydrogens is 150 g/mol. The smallest absolute Gasteiger partial charge is 0.147 e. The molecule has 12 heavy (non-hydrogen) atoms. The van der Waals surface area contributed by atoms with Crippen LogP contribution in [0.2, 0.25) is 0 Å². The minimum absolute atomic E-state index is 0.0425. The number of anilines is 1. The second-order valence-electron chi connectivity index (χ2n) is 3.87. The second-order valence-corrected chi connectivity index (χ2v) is 3.87. The van der Waals surface area contributed by atoms with Crippen LogP contribution in [0.1, 0.15) is 26.5 Å². The van der Waals surface area contributed by atoms with Crippen molar-refractivity contribution in [1.29, 1.82) is 0 Å². The standard InChI is InChI=1S/C9H15N3/c1-7-8(11-6-5-10-7)12-9(2,3)4/h5-6H,1-4H3,(H,11,12). The van der Waals surface area contributed by atoms with Gasteiger partial charge in [-0.1, -0.05) is 0 Å². The molecule has 0 saturated heterocycles. The van der Waals surface area contributed by atoms with E-state index in [0.717, 1.165) is 11.5 Å². The molecule has 3 nitrogen and oxygen atoms in total. The van der Waals surface area contributed by atoms with Gasteiger partial charge in [-0.25, -0.2) is 4.98 Å². The van der Waals surface area contributed by atoms with Crippen molar-refractivity contribution in [3.8, 4) is 0 Å². The number of nitrogens with zero attached hydrogens (tertiary/aromatic N) is 2. The van der Waals surface area contributed by atoms with Gasteiger partial charge in [-0.3, -0.25) is 4.98 Å². The van der Waals surface area contributed by atoms with Crippen molar-refractivity contribution >= 4 is 5.82 Å². The van der Waals surface area contributed by atoms with Crippen LogP contribution in [0.3, 0.4) is 0 Å². The molecule has 1 rings (SSSR count). The molecule has 0 amide bonds. The first-order valence-electron chi connectivity index (χ1n) is 4.05. The molecule has 0 aromatic carbocycles. The highest BCUT2D eigenvalue weighted by Gasteiger charge is 2.11. The Kier molecular flexibility index (Phi) is 2.31. The van der Waals surface area contributed by atoms with Gasteiger partial charge >= 0.3 is 0 Å². The first-order valence-corrected chi connectivity index (χ1v) is 4.05. The molecule has 0 fully saturated rings. The maximum Gasteiger partial charge on any atom is 0.147 e. The predicted molar refractivity (Wildman–Crippen MR) is 50.1 cm³/mol. The lowest BCUT2D eigenvalue weighted by Crippen LogP contribution is -2.27. The van der Waals surface area contributed by atoms with Gasteiger partial charge in [-0.15, -0.1) is 0 Å². The van der Waals surface area contributed by atoms with Gasteiger partial charge < -0.3 is 5.32 Å². The summed E-state index contributed by atoms with van der Waals surface area (Å²) < 4.78 is 0. The van der Waals surface area contributed by atoms with Crippen LogP contribution in [0.25, 0.3) is 0 Å². The molecule has 0 aliphatic rings. The van der Waals surface area contributed by atoms with Crippen LogP contribution < -0.4 is 5.32 Å². The van der Waals surface area contributed by atoms with E-state index in [4.69, 9.17) is 0 Å². The molecule has 0 spiro atoms. The number of aromatic nitrogens is 2. The van der Waals surface area contributed by atoms with Crippen molar-refractivity contribution in [2.24, 2.45) is 0 Å². The molecule has 0 atom stereocenters. The van der Waals surface area contributed by atoms with E-state index < -0.39 is 0 Å². The summed E-state index contributed by atoms with van der Waals surface area (Å²) >= 11 is 0. The number of aryl methyl sites for hydroxylation is 1. The molecule has 0 aliphatic carbocycles. The van der Waals surface area contributed by atoms with Crippen LogP contribution >= 0.6 is 0 Å². The molecule has 1 aromatic heterocycles. The van der Waals surface area contributed by atoms with Gasteiger partial charge in [0.2, 0.25) is 0 Å². The zero-order chi connectivity index (χ0) is 9.19. The molecule has 1 N–H and O–H groups in total. The molecular formula is C9H15N3. The minimum Gasteiger partial charge on any atom is -0.364 e. The second kappa shape index (κ2) is 3.09. The average molecular weight is 165 g/mol. The first kappa shape index (κ1) is 8.97. The Morgan fingerprint density at radius 2 is 1.75 bits per heavy atom. The average Bonchev–Trinajstić information content (AvgIpc) is 1.91. The summed E-state index contributed by atoms with van der Waals surface area (Å²) in [6, 6.07) is 0. The zero-order valence-electron chi connectivity index (χ0n) is 8.05. The van der Waals surface area contributed by atoms with E-state index >= 15 is 0 Å². The van der Waals surface area contributed by atoms with Crippen LogP contribution in [0.4, 0.5) is 5.82 Å². The normalized spacial score (nSPS) is 11.3. The Hall–Kier alpha value is -1.12. The molecule has 0 bridgehead atoms. The Morgan fingerprint density at radius 1 is 1.17 bits per heavy atom. The Labute approximate surface area is 73.2 Å². The van der Waals surface area contributed by atoms with Gasteiger partial charge in [0.1, 0.15) is 5.82 Å². The summed E-state index contributed by atoms with van der Waals surface area (Å²) in [5, 5.41) is 3.28. The molecule has 1 aromatic rings. The van der Waals surface area contributed by atoms with Gasteiger partial charge in [0.05, 0.1) is 5.69 Å². The highest BCUT2D eigenvalue weighted by atomic mass is 15.1. The summed E-state index contributed by atoms with van der Waals surface area (Å²) in [5.74, 6) is 0.866. The maximum atomic E-state index is 4.19. The highest BCUT2D eigenvalue weighted by Crippen LogP contribution is 2.13. The fourth-order valence-electron chi connectivity index (χ4n) is 0.885. The summed E-state index contributed by atoms with van der Waals surface area (Å²) in [6.07, 6.45) is 3.39. The van der Waals surface area contributed by atoms with Gasteiger partial charge in [0.25, 0.3) is 0 Å². The van der Waals surface area contributed by atoms with Crippen molar-refractivity contribution in [2.75, 3.05) is 5.32 Å². The van der Waals surface area contributed by atoms with Crippen molar-refractivity contribution in [1.82, 2.24) is 9.97 Å². The molecule has 1 heterocycles. The molecule has 66 valence electrons. The Morgan fingerprint density at radius 3 is 2.25 bits per heavy atom. The largest absolute Gasteiger partial charge is 0.364 e. The van der Waals surface area contributed by atoms with Crippen molar-refractivity contribution in [3.05, 3.63) is 18.1 Å². The Bertz CT molecular complexity index is 263. The first-order chi connectivity index (χ1) is 5.49. The fourth-order valence-corrected chi connectivity index (χ4v) is 0.885. The van der Waals surface area contributed by atoms with Crippen LogP contribution in [0, 0.1) is 6.92 Å². The summed E-state index contributed by atoms with van der Waals surface area (Å²) in [6.45, 7) is 8.24. The molecule has 3 heteroatoms. The SMILES string of the molecule is Cc1nccnc1NC(C)(C)C. The van der Waals surface area contributed by atoms with E-state index in [2.05, 4.69) is 36.1 Å². The van der Waals surface area contributed by atoms with Crippen molar-refractivity contribution in [2.45, 2.75) is 33.2 Å².